The van der Waals surface area contributed by atoms with Gasteiger partial charge in [-0.2, -0.15) is 4.52 Å². The molecule has 0 saturated carbocycles. The van der Waals surface area contributed by atoms with Gasteiger partial charge in [-0.3, -0.25) is 4.98 Å². The highest BCUT2D eigenvalue weighted by Crippen LogP contribution is 2.19. The van der Waals surface area contributed by atoms with E-state index in [9.17, 15) is 0 Å². The molecule has 3 heterocycles. The van der Waals surface area contributed by atoms with Gasteiger partial charge >= 0.3 is 0 Å². The molecule has 3 aromatic rings. The van der Waals surface area contributed by atoms with Crippen molar-refractivity contribution in [3.8, 4) is 11.4 Å². The average molecular weight is 310 g/mol. The van der Waals surface area contributed by atoms with Gasteiger partial charge in [-0.15, -0.1) is 15.3 Å². The molecule has 6 nitrogen and oxygen atoms in total. The minimum atomic E-state index is 0.632. The maximum Gasteiger partial charge on any atom is 0.185 e. The average Bonchev–Trinajstić information content (AvgIpc) is 3.03. The Hall–Kier alpha value is -2.50. The van der Waals surface area contributed by atoms with E-state index in [-0.39, 0.29) is 0 Å². The molecule has 0 aliphatic carbocycles. The smallest absolute Gasteiger partial charge is 0.185 e. The fourth-order valence-corrected chi connectivity index (χ4v) is 2.52. The molecule has 0 amide bonds. The maximum atomic E-state index is 4.77. The van der Waals surface area contributed by atoms with E-state index in [1.807, 2.05) is 28.8 Å². The van der Waals surface area contributed by atoms with Crippen LogP contribution < -0.4 is 4.90 Å². The molecule has 0 spiro atoms. The first-order chi connectivity index (χ1) is 11.2. The summed E-state index contributed by atoms with van der Waals surface area (Å²) in [4.78, 5) is 6.35. The summed E-state index contributed by atoms with van der Waals surface area (Å²) in [5.74, 6) is 2.33. The lowest BCUT2D eigenvalue weighted by Crippen LogP contribution is -2.29. The monoisotopic (exact) mass is 310 g/mol. The third-order valence-corrected chi connectivity index (χ3v) is 4.12. The van der Waals surface area contributed by atoms with Crippen LogP contribution in [0.3, 0.4) is 0 Å². The van der Waals surface area contributed by atoms with E-state index in [2.05, 4.69) is 40.9 Å². The van der Waals surface area contributed by atoms with Crippen LogP contribution >= 0.6 is 0 Å². The summed E-state index contributed by atoms with van der Waals surface area (Å²) < 4.78 is 1.81. The summed E-state index contributed by atoms with van der Waals surface area (Å²) >= 11 is 0. The number of pyridine rings is 1. The van der Waals surface area contributed by atoms with Gasteiger partial charge in [0, 0.05) is 31.0 Å². The molecule has 23 heavy (non-hydrogen) atoms. The predicted molar refractivity (Wildman–Crippen MR) is 91.4 cm³/mol. The highest BCUT2D eigenvalue weighted by Gasteiger charge is 2.14. The van der Waals surface area contributed by atoms with Gasteiger partial charge in [0.25, 0.3) is 0 Å². The zero-order chi connectivity index (χ0) is 16.2. The Kier molecular flexibility index (Phi) is 4.50. The lowest BCUT2D eigenvalue weighted by Gasteiger charge is -2.24. The SMILES string of the molecule is CCC(C)CN(CC)c1ccc2nnc(-c3ccncc3)n2n1. The quantitative estimate of drug-likeness (QED) is 0.700. The molecular formula is C17H22N6. The van der Waals surface area contributed by atoms with Crippen LogP contribution in [0.2, 0.25) is 0 Å². The molecule has 0 aliphatic heterocycles. The molecule has 3 aromatic heterocycles. The summed E-state index contributed by atoms with van der Waals surface area (Å²) in [6.07, 6.45) is 4.66. The van der Waals surface area contributed by atoms with Crippen molar-refractivity contribution in [2.45, 2.75) is 27.2 Å². The Bertz CT molecular complexity index is 767. The van der Waals surface area contributed by atoms with Crippen LogP contribution in [0.4, 0.5) is 5.82 Å². The second-order valence-corrected chi connectivity index (χ2v) is 5.77. The van der Waals surface area contributed by atoms with Gasteiger partial charge in [-0.05, 0) is 37.1 Å². The zero-order valence-electron chi connectivity index (χ0n) is 13.8. The fourth-order valence-electron chi connectivity index (χ4n) is 2.52. The van der Waals surface area contributed by atoms with Gasteiger partial charge in [0.2, 0.25) is 0 Å². The second-order valence-electron chi connectivity index (χ2n) is 5.77. The summed E-state index contributed by atoms with van der Waals surface area (Å²) in [5, 5.41) is 13.3. The number of hydrogen-bond donors (Lipinski definition) is 0. The van der Waals surface area contributed by atoms with E-state index in [1.54, 1.807) is 12.4 Å². The molecule has 3 rings (SSSR count). The van der Waals surface area contributed by atoms with E-state index in [4.69, 9.17) is 5.10 Å². The van der Waals surface area contributed by atoms with Crippen LogP contribution in [0.15, 0.2) is 36.7 Å². The third-order valence-electron chi connectivity index (χ3n) is 4.12. The second kappa shape index (κ2) is 6.73. The van der Waals surface area contributed by atoms with Crippen LogP contribution in [0.25, 0.3) is 17.0 Å². The number of hydrogen-bond acceptors (Lipinski definition) is 5. The van der Waals surface area contributed by atoms with Crippen molar-refractivity contribution in [2.75, 3.05) is 18.0 Å². The Morgan fingerprint density at radius 1 is 1.09 bits per heavy atom. The summed E-state index contributed by atoms with van der Waals surface area (Å²) in [6.45, 7) is 8.57. The fraction of sp³-hybridized carbons (Fsp3) is 0.412. The van der Waals surface area contributed by atoms with Gasteiger partial charge in [0.1, 0.15) is 5.82 Å². The molecular weight excluding hydrogens is 288 g/mol. The summed E-state index contributed by atoms with van der Waals surface area (Å²) in [7, 11) is 0. The first-order valence-corrected chi connectivity index (χ1v) is 8.10. The van der Waals surface area contributed by atoms with Gasteiger partial charge in [-0.25, -0.2) is 0 Å². The van der Waals surface area contributed by atoms with Crippen molar-refractivity contribution in [1.82, 2.24) is 24.8 Å². The molecule has 1 atom stereocenters. The van der Waals surface area contributed by atoms with Crippen LogP contribution in [0, 0.1) is 5.92 Å². The molecule has 1 unspecified atom stereocenters. The van der Waals surface area contributed by atoms with Crippen LogP contribution in [-0.2, 0) is 0 Å². The molecule has 0 aromatic carbocycles. The van der Waals surface area contributed by atoms with Crippen LogP contribution in [-0.4, -0.2) is 37.9 Å². The predicted octanol–water partition coefficient (Wildman–Crippen LogP) is 3.06. The minimum absolute atomic E-state index is 0.632. The van der Waals surface area contributed by atoms with Crippen molar-refractivity contribution in [3.05, 3.63) is 36.7 Å². The van der Waals surface area contributed by atoms with E-state index in [0.29, 0.717) is 5.92 Å². The van der Waals surface area contributed by atoms with Crippen LogP contribution in [0.5, 0.6) is 0 Å². The van der Waals surface area contributed by atoms with Gasteiger partial charge in [0.15, 0.2) is 11.5 Å². The topological polar surface area (TPSA) is 59.2 Å². The summed E-state index contributed by atoms with van der Waals surface area (Å²) in [5.41, 5.74) is 1.71. The highest BCUT2D eigenvalue weighted by atomic mass is 15.4. The number of rotatable bonds is 6. The lowest BCUT2D eigenvalue weighted by atomic mass is 10.1. The Labute approximate surface area is 136 Å². The Morgan fingerprint density at radius 3 is 2.57 bits per heavy atom. The number of aromatic nitrogens is 5. The highest BCUT2D eigenvalue weighted by molar-refractivity contribution is 5.59. The first-order valence-electron chi connectivity index (χ1n) is 8.10. The molecule has 0 radical (unpaired) electrons. The van der Waals surface area contributed by atoms with Crippen molar-refractivity contribution in [1.29, 1.82) is 0 Å². The van der Waals surface area contributed by atoms with Crippen LogP contribution in [0.1, 0.15) is 27.2 Å². The standard InChI is InChI=1S/C17H22N6/c1-4-13(3)12-22(5-2)16-7-6-15-19-20-17(23(15)21-16)14-8-10-18-11-9-14/h6-11,13H,4-5,12H2,1-3H3. The number of anilines is 1. The lowest BCUT2D eigenvalue weighted by molar-refractivity contribution is 0.544. The first kappa shape index (κ1) is 15.4. The van der Waals surface area contributed by atoms with Gasteiger partial charge in [0.05, 0.1) is 0 Å². The van der Waals surface area contributed by atoms with Crippen molar-refractivity contribution in [2.24, 2.45) is 5.92 Å². The van der Waals surface area contributed by atoms with Gasteiger partial charge < -0.3 is 4.90 Å². The summed E-state index contributed by atoms with van der Waals surface area (Å²) in [6, 6.07) is 7.83. The minimum Gasteiger partial charge on any atom is -0.355 e. The largest absolute Gasteiger partial charge is 0.355 e. The molecule has 6 heteroatoms. The van der Waals surface area contributed by atoms with E-state index in [0.717, 1.165) is 42.4 Å². The Morgan fingerprint density at radius 2 is 1.87 bits per heavy atom. The third kappa shape index (κ3) is 3.16. The molecule has 0 saturated heterocycles. The van der Waals surface area contributed by atoms with Crippen molar-refractivity contribution in [3.63, 3.8) is 0 Å². The van der Waals surface area contributed by atoms with Gasteiger partial charge in [-0.1, -0.05) is 20.3 Å². The van der Waals surface area contributed by atoms with E-state index >= 15 is 0 Å². The van der Waals surface area contributed by atoms with Crippen molar-refractivity contribution >= 4 is 11.5 Å². The van der Waals surface area contributed by atoms with E-state index in [1.165, 1.54) is 0 Å². The number of fused-ring (bicyclic) bond motifs is 1. The normalized spacial score (nSPS) is 12.5. The molecule has 0 aliphatic rings. The number of nitrogens with zero attached hydrogens (tertiary/aromatic N) is 6. The molecule has 120 valence electrons. The molecule has 0 N–H and O–H groups in total. The molecule has 0 bridgehead atoms. The maximum absolute atomic E-state index is 4.77. The Balaban J connectivity index is 2.00. The van der Waals surface area contributed by atoms with Crippen molar-refractivity contribution < 1.29 is 0 Å². The molecule has 0 fully saturated rings. The van der Waals surface area contributed by atoms with E-state index < -0.39 is 0 Å². The zero-order valence-corrected chi connectivity index (χ0v) is 13.8.